The molecule has 3 N–H and O–H groups in total. The molecule has 0 unspecified atom stereocenters. The molecule has 4 heteroatoms. The highest BCUT2D eigenvalue weighted by molar-refractivity contribution is 5.87. The third-order valence-corrected chi connectivity index (χ3v) is 4.12. The molecule has 2 amide bonds. The van der Waals surface area contributed by atoms with Crippen LogP contribution in [0.2, 0.25) is 0 Å². The minimum absolute atomic E-state index is 0.0392. The van der Waals surface area contributed by atoms with Gasteiger partial charge < -0.3 is 11.1 Å². The van der Waals surface area contributed by atoms with E-state index in [0.29, 0.717) is 12.3 Å². The van der Waals surface area contributed by atoms with Crippen LogP contribution in [0.25, 0.3) is 0 Å². The molecule has 0 spiro atoms. The molecule has 120 valence electrons. The van der Waals surface area contributed by atoms with E-state index >= 15 is 0 Å². The topological polar surface area (TPSA) is 72.2 Å². The Morgan fingerprint density at radius 1 is 1.29 bits per heavy atom. The highest BCUT2D eigenvalue weighted by Crippen LogP contribution is 2.35. The van der Waals surface area contributed by atoms with Crippen molar-refractivity contribution < 1.29 is 9.59 Å². The summed E-state index contributed by atoms with van der Waals surface area (Å²) in [6.07, 6.45) is 8.69. The lowest BCUT2D eigenvalue weighted by Crippen LogP contribution is -2.48. The fraction of sp³-hybridized carbons (Fsp3) is 0.765. The summed E-state index contributed by atoms with van der Waals surface area (Å²) in [6, 6.07) is 0. The average molecular weight is 294 g/mol. The van der Waals surface area contributed by atoms with Gasteiger partial charge in [-0.1, -0.05) is 31.4 Å². The van der Waals surface area contributed by atoms with Crippen molar-refractivity contribution in [3.8, 4) is 0 Å². The quantitative estimate of drug-likeness (QED) is 0.709. The molecule has 2 atom stereocenters. The second kappa shape index (κ2) is 7.62. The lowest BCUT2D eigenvalue weighted by molar-refractivity contribution is -0.135. The minimum atomic E-state index is -0.413. The number of carbonyl (C=O) groups is 2. The van der Waals surface area contributed by atoms with Crippen LogP contribution >= 0.6 is 0 Å². The van der Waals surface area contributed by atoms with E-state index in [-0.39, 0.29) is 23.3 Å². The maximum absolute atomic E-state index is 12.6. The molecular formula is C17H30N2O2. The van der Waals surface area contributed by atoms with Crippen LogP contribution in [-0.4, -0.2) is 17.4 Å². The zero-order chi connectivity index (χ0) is 16.0. The van der Waals surface area contributed by atoms with Gasteiger partial charge in [0.2, 0.25) is 11.8 Å². The zero-order valence-corrected chi connectivity index (χ0v) is 13.8. The SMILES string of the molecule is C/C=C/C[C@H](C(N)=O)[C@@H](CC1CCC1)C(=O)NC(C)(C)C. The van der Waals surface area contributed by atoms with Crippen LogP contribution in [-0.2, 0) is 9.59 Å². The number of nitrogens with two attached hydrogens (primary N) is 1. The van der Waals surface area contributed by atoms with Gasteiger partial charge in [-0.25, -0.2) is 0 Å². The molecule has 1 aliphatic rings. The predicted octanol–water partition coefficient (Wildman–Crippen LogP) is 2.78. The second-order valence-corrected chi connectivity index (χ2v) is 7.19. The molecule has 0 saturated heterocycles. The largest absolute Gasteiger partial charge is 0.369 e. The summed E-state index contributed by atoms with van der Waals surface area (Å²) in [5, 5.41) is 3.01. The summed E-state index contributed by atoms with van der Waals surface area (Å²) in [5.41, 5.74) is 5.27. The zero-order valence-electron chi connectivity index (χ0n) is 13.8. The smallest absolute Gasteiger partial charge is 0.224 e. The fourth-order valence-electron chi connectivity index (χ4n) is 2.77. The first kappa shape index (κ1) is 17.7. The summed E-state index contributed by atoms with van der Waals surface area (Å²) in [7, 11) is 0. The van der Waals surface area contributed by atoms with Crippen LogP contribution in [0, 0.1) is 17.8 Å². The molecule has 0 aromatic heterocycles. The van der Waals surface area contributed by atoms with Gasteiger partial charge in [-0.3, -0.25) is 9.59 Å². The van der Waals surface area contributed by atoms with Crippen molar-refractivity contribution in [3.05, 3.63) is 12.2 Å². The van der Waals surface area contributed by atoms with Crippen LogP contribution in [0.5, 0.6) is 0 Å². The molecule has 1 aliphatic carbocycles. The number of amides is 2. The van der Waals surface area contributed by atoms with Crippen LogP contribution in [0.4, 0.5) is 0 Å². The molecule has 0 aromatic carbocycles. The molecule has 1 fully saturated rings. The fourth-order valence-corrected chi connectivity index (χ4v) is 2.77. The Labute approximate surface area is 128 Å². The highest BCUT2D eigenvalue weighted by atomic mass is 16.2. The number of allylic oxidation sites excluding steroid dienone is 2. The van der Waals surface area contributed by atoms with Crippen molar-refractivity contribution in [2.75, 3.05) is 0 Å². The maximum atomic E-state index is 12.6. The third kappa shape index (κ3) is 5.90. The van der Waals surface area contributed by atoms with E-state index in [1.54, 1.807) is 0 Å². The Bertz CT molecular complexity index is 392. The second-order valence-electron chi connectivity index (χ2n) is 7.19. The average Bonchev–Trinajstić information content (AvgIpc) is 2.28. The van der Waals surface area contributed by atoms with Gasteiger partial charge in [-0.15, -0.1) is 0 Å². The molecule has 0 aromatic rings. The van der Waals surface area contributed by atoms with E-state index in [1.807, 2.05) is 39.8 Å². The Morgan fingerprint density at radius 3 is 2.29 bits per heavy atom. The van der Waals surface area contributed by atoms with Crippen LogP contribution in [0.3, 0.4) is 0 Å². The molecule has 0 heterocycles. The number of carbonyl (C=O) groups excluding carboxylic acids is 2. The van der Waals surface area contributed by atoms with Gasteiger partial charge >= 0.3 is 0 Å². The Morgan fingerprint density at radius 2 is 1.90 bits per heavy atom. The minimum Gasteiger partial charge on any atom is -0.369 e. The van der Waals surface area contributed by atoms with E-state index in [1.165, 1.54) is 6.42 Å². The first-order valence-corrected chi connectivity index (χ1v) is 7.97. The Balaban J connectivity index is 2.86. The van der Waals surface area contributed by atoms with E-state index in [2.05, 4.69) is 5.32 Å². The van der Waals surface area contributed by atoms with Gasteiger partial charge in [0.25, 0.3) is 0 Å². The van der Waals surface area contributed by atoms with E-state index in [0.717, 1.165) is 19.3 Å². The van der Waals surface area contributed by atoms with Crippen molar-refractivity contribution in [3.63, 3.8) is 0 Å². The maximum Gasteiger partial charge on any atom is 0.224 e. The molecule has 0 aliphatic heterocycles. The lowest BCUT2D eigenvalue weighted by Gasteiger charge is -2.33. The summed E-state index contributed by atoms with van der Waals surface area (Å²) in [4.78, 5) is 24.4. The third-order valence-electron chi connectivity index (χ3n) is 4.12. The number of hydrogen-bond acceptors (Lipinski definition) is 2. The Hall–Kier alpha value is -1.32. The van der Waals surface area contributed by atoms with Gasteiger partial charge in [-0.05, 0) is 46.5 Å². The van der Waals surface area contributed by atoms with Crippen molar-refractivity contribution in [2.24, 2.45) is 23.5 Å². The van der Waals surface area contributed by atoms with Gasteiger partial charge in [0.05, 0.1) is 11.8 Å². The van der Waals surface area contributed by atoms with Crippen molar-refractivity contribution in [2.45, 2.75) is 65.3 Å². The van der Waals surface area contributed by atoms with Crippen molar-refractivity contribution in [1.82, 2.24) is 5.32 Å². The lowest BCUT2D eigenvalue weighted by atomic mass is 9.74. The molecule has 4 nitrogen and oxygen atoms in total. The monoisotopic (exact) mass is 294 g/mol. The summed E-state index contributed by atoms with van der Waals surface area (Å²) in [5.74, 6) is -0.579. The summed E-state index contributed by atoms with van der Waals surface area (Å²) in [6.45, 7) is 7.78. The normalized spacial score (nSPS) is 19.0. The number of hydrogen-bond donors (Lipinski definition) is 2. The first-order valence-electron chi connectivity index (χ1n) is 7.97. The van der Waals surface area contributed by atoms with E-state index < -0.39 is 5.92 Å². The van der Waals surface area contributed by atoms with Gasteiger partial charge in [0.15, 0.2) is 0 Å². The molecular weight excluding hydrogens is 264 g/mol. The molecule has 0 bridgehead atoms. The predicted molar refractivity (Wildman–Crippen MR) is 85.5 cm³/mol. The van der Waals surface area contributed by atoms with E-state index in [4.69, 9.17) is 5.73 Å². The van der Waals surface area contributed by atoms with Gasteiger partial charge in [-0.2, -0.15) is 0 Å². The summed E-state index contributed by atoms with van der Waals surface area (Å²) >= 11 is 0. The standard InChI is InChI=1S/C17H30N2O2/c1-5-6-10-13(15(18)20)14(11-12-8-7-9-12)16(21)19-17(2,3)4/h5-6,12-14H,7-11H2,1-4H3,(H2,18,20)(H,19,21)/b6-5+/t13-,14+/m0/s1. The van der Waals surface area contributed by atoms with Gasteiger partial charge in [0.1, 0.15) is 0 Å². The van der Waals surface area contributed by atoms with Crippen LogP contribution in [0.1, 0.15) is 59.8 Å². The van der Waals surface area contributed by atoms with Gasteiger partial charge in [0, 0.05) is 5.54 Å². The molecule has 21 heavy (non-hydrogen) atoms. The van der Waals surface area contributed by atoms with Crippen LogP contribution in [0.15, 0.2) is 12.2 Å². The number of nitrogens with one attached hydrogen (secondary N) is 1. The summed E-state index contributed by atoms with van der Waals surface area (Å²) < 4.78 is 0. The molecule has 1 saturated carbocycles. The number of primary amides is 1. The number of rotatable bonds is 7. The van der Waals surface area contributed by atoms with Crippen molar-refractivity contribution >= 4 is 11.8 Å². The molecule has 1 rings (SSSR count). The van der Waals surface area contributed by atoms with Crippen LogP contribution < -0.4 is 11.1 Å². The molecule has 0 radical (unpaired) electrons. The Kier molecular flexibility index (Phi) is 6.43. The van der Waals surface area contributed by atoms with Crippen molar-refractivity contribution in [1.29, 1.82) is 0 Å². The highest BCUT2D eigenvalue weighted by Gasteiger charge is 2.36. The first-order chi connectivity index (χ1) is 9.74. The van der Waals surface area contributed by atoms with E-state index in [9.17, 15) is 9.59 Å².